The van der Waals surface area contributed by atoms with Crippen molar-refractivity contribution in [2.24, 2.45) is 0 Å². The van der Waals surface area contributed by atoms with E-state index in [1.54, 1.807) is 11.3 Å². The molecule has 1 aromatic heterocycles. The highest BCUT2D eigenvalue weighted by Crippen LogP contribution is 2.35. The SMILES string of the molecule is CCc1sc(C(=O)CCc2cc(C)c(OC[C@@H](O)CO)c(C)c2)cc1-c1ccccc1C. The average Bonchev–Trinajstić information content (AvgIpc) is 3.21. The fourth-order valence-corrected chi connectivity index (χ4v) is 5.04. The van der Waals surface area contributed by atoms with E-state index in [0.717, 1.165) is 33.7 Å². The van der Waals surface area contributed by atoms with E-state index in [9.17, 15) is 9.90 Å². The number of hydrogen-bond donors (Lipinski definition) is 2. The van der Waals surface area contributed by atoms with Gasteiger partial charge in [-0.1, -0.05) is 43.3 Å². The number of carbonyl (C=O) groups excluding carboxylic acids is 1. The van der Waals surface area contributed by atoms with Crippen LogP contribution in [0.15, 0.2) is 42.5 Å². The van der Waals surface area contributed by atoms with Crippen LogP contribution in [0.25, 0.3) is 11.1 Å². The number of hydrogen-bond acceptors (Lipinski definition) is 5. The Morgan fingerprint density at radius 3 is 2.34 bits per heavy atom. The molecule has 2 N–H and O–H groups in total. The molecule has 4 nitrogen and oxygen atoms in total. The Morgan fingerprint density at radius 2 is 1.72 bits per heavy atom. The second-order valence-electron chi connectivity index (χ2n) is 8.25. The summed E-state index contributed by atoms with van der Waals surface area (Å²) in [6.07, 6.45) is 1.14. The lowest BCUT2D eigenvalue weighted by Gasteiger charge is -2.15. The van der Waals surface area contributed by atoms with Crippen LogP contribution in [0.1, 0.15) is 50.1 Å². The summed E-state index contributed by atoms with van der Waals surface area (Å²) in [6, 6.07) is 14.4. The Kier molecular flexibility index (Phi) is 8.24. The van der Waals surface area contributed by atoms with Crippen LogP contribution in [0, 0.1) is 20.8 Å². The van der Waals surface area contributed by atoms with Gasteiger partial charge in [0, 0.05) is 11.3 Å². The number of aliphatic hydroxyl groups is 2. The third kappa shape index (κ3) is 5.66. The van der Waals surface area contributed by atoms with Crippen LogP contribution in [-0.2, 0) is 12.8 Å². The average molecular weight is 453 g/mol. The Bertz CT molecular complexity index is 1060. The van der Waals surface area contributed by atoms with Crippen molar-refractivity contribution in [2.45, 2.75) is 53.1 Å². The molecule has 0 saturated carbocycles. The van der Waals surface area contributed by atoms with Gasteiger partial charge in [0.25, 0.3) is 0 Å². The summed E-state index contributed by atoms with van der Waals surface area (Å²) in [7, 11) is 0. The highest BCUT2D eigenvalue weighted by Gasteiger charge is 2.17. The van der Waals surface area contributed by atoms with E-state index in [2.05, 4.69) is 32.0 Å². The molecule has 3 aromatic rings. The standard InChI is InChI=1S/C27H32O4S/c1-5-25-23(22-9-7-6-8-17(22)2)14-26(32-25)24(30)11-10-20-12-18(3)27(19(4)13-20)31-16-21(29)15-28/h6-9,12-14,21,28-29H,5,10-11,15-16H2,1-4H3/t21-/m0/s1. The van der Waals surface area contributed by atoms with Crippen molar-refractivity contribution in [3.05, 3.63) is 74.5 Å². The van der Waals surface area contributed by atoms with E-state index in [0.29, 0.717) is 12.8 Å². The van der Waals surface area contributed by atoms with Crippen molar-refractivity contribution in [2.75, 3.05) is 13.2 Å². The Hall–Kier alpha value is -2.47. The van der Waals surface area contributed by atoms with Gasteiger partial charge in [0.05, 0.1) is 11.5 Å². The summed E-state index contributed by atoms with van der Waals surface area (Å²) in [6.45, 7) is 7.89. The second kappa shape index (κ2) is 10.9. The van der Waals surface area contributed by atoms with Crippen LogP contribution < -0.4 is 4.74 Å². The predicted octanol–water partition coefficient (Wildman–Crippen LogP) is 5.45. The zero-order valence-corrected chi connectivity index (χ0v) is 20.1. The minimum Gasteiger partial charge on any atom is -0.490 e. The van der Waals surface area contributed by atoms with Crippen LogP contribution in [0.4, 0.5) is 0 Å². The van der Waals surface area contributed by atoms with E-state index in [1.165, 1.54) is 21.6 Å². The third-order valence-corrected chi connectivity index (χ3v) is 6.95. The molecule has 0 aliphatic heterocycles. The summed E-state index contributed by atoms with van der Waals surface area (Å²) in [5.74, 6) is 0.896. The van der Waals surface area contributed by atoms with Gasteiger partial charge in [0.15, 0.2) is 5.78 Å². The van der Waals surface area contributed by atoms with Gasteiger partial charge in [-0.3, -0.25) is 4.79 Å². The lowest BCUT2D eigenvalue weighted by atomic mass is 9.98. The molecule has 0 spiro atoms. The van der Waals surface area contributed by atoms with Crippen LogP contribution in [-0.4, -0.2) is 35.3 Å². The summed E-state index contributed by atoms with van der Waals surface area (Å²) >= 11 is 1.61. The number of carbonyl (C=O) groups is 1. The maximum atomic E-state index is 13.0. The topological polar surface area (TPSA) is 66.8 Å². The summed E-state index contributed by atoms with van der Waals surface area (Å²) in [4.78, 5) is 15.1. The lowest BCUT2D eigenvalue weighted by molar-refractivity contribution is 0.0531. The Balaban J connectivity index is 1.72. The molecule has 5 heteroatoms. The smallest absolute Gasteiger partial charge is 0.173 e. The molecule has 0 unspecified atom stereocenters. The molecule has 0 aliphatic carbocycles. The van der Waals surface area contributed by atoms with E-state index in [4.69, 9.17) is 9.84 Å². The number of aliphatic hydroxyl groups excluding tert-OH is 2. The summed E-state index contributed by atoms with van der Waals surface area (Å²) in [5, 5.41) is 18.5. The van der Waals surface area contributed by atoms with Gasteiger partial charge in [-0.2, -0.15) is 0 Å². The molecule has 32 heavy (non-hydrogen) atoms. The first kappa shape index (κ1) is 24.2. The highest BCUT2D eigenvalue weighted by molar-refractivity contribution is 7.14. The van der Waals surface area contributed by atoms with E-state index >= 15 is 0 Å². The Morgan fingerprint density at radius 1 is 1.03 bits per heavy atom. The number of ether oxygens (including phenoxy) is 1. The van der Waals surface area contributed by atoms with Crippen molar-refractivity contribution < 1.29 is 19.7 Å². The van der Waals surface area contributed by atoms with Gasteiger partial charge >= 0.3 is 0 Å². The molecule has 1 atom stereocenters. The molecule has 170 valence electrons. The molecule has 0 amide bonds. The van der Waals surface area contributed by atoms with Crippen LogP contribution in [0.2, 0.25) is 0 Å². The van der Waals surface area contributed by atoms with Crippen molar-refractivity contribution in [3.8, 4) is 16.9 Å². The first-order valence-corrected chi connectivity index (χ1v) is 11.9. The monoisotopic (exact) mass is 452 g/mol. The molecule has 2 aromatic carbocycles. The lowest BCUT2D eigenvalue weighted by Crippen LogP contribution is -2.21. The first-order valence-electron chi connectivity index (χ1n) is 11.1. The molecule has 0 fully saturated rings. The van der Waals surface area contributed by atoms with Crippen LogP contribution in [0.5, 0.6) is 5.75 Å². The quantitative estimate of drug-likeness (QED) is 0.402. The van der Waals surface area contributed by atoms with Crippen molar-refractivity contribution in [1.82, 2.24) is 0 Å². The maximum Gasteiger partial charge on any atom is 0.173 e. The summed E-state index contributed by atoms with van der Waals surface area (Å²) < 4.78 is 5.67. The summed E-state index contributed by atoms with van der Waals surface area (Å²) in [5.41, 5.74) is 6.62. The Labute approximate surface area is 194 Å². The van der Waals surface area contributed by atoms with E-state index < -0.39 is 6.10 Å². The number of aryl methyl sites for hydroxylation is 5. The normalized spacial score (nSPS) is 12.1. The fourth-order valence-electron chi connectivity index (χ4n) is 3.96. The minimum absolute atomic E-state index is 0.0530. The molecule has 1 heterocycles. The van der Waals surface area contributed by atoms with Crippen LogP contribution >= 0.6 is 11.3 Å². The van der Waals surface area contributed by atoms with Gasteiger partial charge in [0.1, 0.15) is 18.5 Å². The molecule has 0 radical (unpaired) electrons. The van der Waals surface area contributed by atoms with E-state index in [1.807, 2.05) is 38.1 Å². The number of rotatable bonds is 10. The zero-order valence-electron chi connectivity index (χ0n) is 19.3. The second-order valence-corrected chi connectivity index (χ2v) is 9.38. The molecular weight excluding hydrogens is 420 g/mol. The van der Waals surface area contributed by atoms with Crippen molar-refractivity contribution in [3.63, 3.8) is 0 Å². The van der Waals surface area contributed by atoms with Gasteiger partial charge in [-0.25, -0.2) is 0 Å². The minimum atomic E-state index is -0.894. The van der Waals surface area contributed by atoms with Gasteiger partial charge in [-0.05, 0) is 73.1 Å². The highest BCUT2D eigenvalue weighted by atomic mass is 32.1. The molecule has 0 saturated heterocycles. The molecule has 3 rings (SSSR count). The molecule has 0 bridgehead atoms. The van der Waals surface area contributed by atoms with Gasteiger partial charge < -0.3 is 14.9 Å². The number of ketones is 1. The van der Waals surface area contributed by atoms with Crippen LogP contribution in [0.3, 0.4) is 0 Å². The first-order chi connectivity index (χ1) is 15.3. The number of benzene rings is 2. The van der Waals surface area contributed by atoms with Gasteiger partial charge in [-0.15, -0.1) is 11.3 Å². The van der Waals surface area contributed by atoms with Gasteiger partial charge in [0.2, 0.25) is 0 Å². The molecular formula is C27H32O4S. The maximum absolute atomic E-state index is 13.0. The molecule has 0 aliphatic rings. The number of Topliss-reactive ketones (excluding diaryl/α,β-unsaturated/α-hetero) is 1. The van der Waals surface area contributed by atoms with Crippen molar-refractivity contribution >= 4 is 17.1 Å². The third-order valence-electron chi connectivity index (χ3n) is 5.63. The largest absolute Gasteiger partial charge is 0.490 e. The van der Waals surface area contributed by atoms with Crippen molar-refractivity contribution in [1.29, 1.82) is 0 Å². The zero-order chi connectivity index (χ0) is 23.3. The van der Waals surface area contributed by atoms with E-state index in [-0.39, 0.29) is 19.0 Å². The number of thiophene rings is 1. The fraction of sp³-hybridized carbons (Fsp3) is 0.370. The predicted molar refractivity (Wildman–Crippen MR) is 131 cm³/mol.